The first-order valence-corrected chi connectivity index (χ1v) is 5.95. The van der Waals surface area contributed by atoms with E-state index in [9.17, 15) is 4.79 Å². The Morgan fingerprint density at radius 3 is 2.74 bits per heavy atom. The highest BCUT2D eigenvalue weighted by atomic mass is 16.5. The lowest BCUT2D eigenvalue weighted by Gasteiger charge is -2.13. The fourth-order valence-corrected chi connectivity index (χ4v) is 1.63. The van der Waals surface area contributed by atoms with Crippen molar-refractivity contribution < 1.29 is 19.0 Å². The topological polar surface area (TPSA) is 82.8 Å². The highest BCUT2D eigenvalue weighted by Crippen LogP contribution is 2.30. The second-order valence-electron chi connectivity index (χ2n) is 3.85. The Balaban J connectivity index is 2.38. The molecule has 0 aliphatic heterocycles. The highest BCUT2D eigenvalue weighted by Gasteiger charge is 2.08. The standard InChI is InChI=1S/C13H20N2O4/c1-17-11-5-3-4-10(13(11)18-2)8-15-6-7-19-9-12(14)16/h3-5,15H,6-9H2,1-2H3,(H2,14,16). The van der Waals surface area contributed by atoms with Crippen molar-refractivity contribution in [2.45, 2.75) is 6.54 Å². The molecule has 1 rings (SSSR count). The van der Waals surface area contributed by atoms with E-state index in [0.29, 0.717) is 25.4 Å². The average Bonchev–Trinajstić information content (AvgIpc) is 2.41. The summed E-state index contributed by atoms with van der Waals surface area (Å²) in [7, 11) is 3.21. The van der Waals surface area contributed by atoms with Gasteiger partial charge in [-0.05, 0) is 6.07 Å². The lowest BCUT2D eigenvalue weighted by atomic mass is 10.2. The first kappa shape index (κ1) is 15.3. The van der Waals surface area contributed by atoms with Gasteiger partial charge in [-0.2, -0.15) is 0 Å². The fraction of sp³-hybridized carbons (Fsp3) is 0.462. The number of hydrogen-bond acceptors (Lipinski definition) is 5. The van der Waals surface area contributed by atoms with Crippen LogP contribution in [0.2, 0.25) is 0 Å². The van der Waals surface area contributed by atoms with Crippen molar-refractivity contribution in [1.29, 1.82) is 0 Å². The Hall–Kier alpha value is -1.79. The minimum Gasteiger partial charge on any atom is -0.493 e. The van der Waals surface area contributed by atoms with Gasteiger partial charge in [-0.3, -0.25) is 4.79 Å². The Bertz CT molecular complexity index is 410. The number of benzene rings is 1. The van der Waals surface area contributed by atoms with Crippen molar-refractivity contribution in [3.05, 3.63) is 23.8 Å². The number of nitrogens with two attached hydrogens (primary N) is 1. The van der Waals surface area contributed by atoms with E-state index in [0.717, 1.165) is 11.3 Å². The van der Waals surface area contributed by atoms with E-state index in [1.54, 1.807) is 14.2 Å². The zero-order valence-corrected chi connectivity index (χ0v) is 11.3. The van der Waals surface area contributed by atoms with Crippen molar-refractivity contribution in [2.75, 3.05) is 34.0 Å². The number of nitrogens with one attached hydrogen (secondary N) is 1. The van der Waals surface area contributed by atoms with Crippen LogP contribution >= 0.6 is 0 Å². The monoisotopic (exact) mass is 268 g/mol. The summed E-state index contributed by atoms with van der Waals surface area (Å²) >= 11 is 0. The summed E-state index contributed by atoms with van der Waals surface area (Å²) in [6, 6.07) is 5.71. The van der Waals surface area contributed by atoms with Crippen LogP contribution in [0, 0.1) is 0 Å². The molecule has 106 valence electrons. The van der Waals surface area contributed by atoms with Crippen molar-refractivity contribution in [3.8, 4) is 11.5 Å². The summed E-state index contributed by atoms with van der Waals surface area (Å²) in [6.07, 6.45) is 0. The molecule has 6 heteroatoms. The van der Waals surface area contributed by atoms with Crippen molar-refractivity contribution in [2.24, 2.45) is 5.73 Å². The van der Waals surface area contributed by atoms with Crippen LogP contribution in [0.3, 0.4) is 0 Å². The van der Waals surface area contributed by atoms with Crippen molar-refractivity contribution in [1.82, 2.24) is 5.32 Å². The molecule has 0 bridgehead atoms. The predicted octanol–water partition coefficient (Wildman–Crippen LogP) is 0.295. The molecule has 3 N–H and O–H groups in total. The smallest absolute Gasteiger partial charge is 0.243 e. The van der Waals surface area contributed by atoms with Crippen LogP contribution in [0.15, 0.2) is 18.2 Å². The van der Waals surface area contributed by atoms with Gasteiger partial charge in [0, 0.05) is 18.7 Å². The molecule has 6 nitrogen and oxygen atoms in total. The van der Waals surface area contributed by atoms with Crippen LogP contribution in [0.5, 0.6) is 11.5 Å². The predicted molar refractivity (Wildman–Crippen MR) is 71.3 cm³/mol. The summed E-state index contributed by atoms with van der Waals surface area (Å²) in [6.45, 7) is 1.62. The van der Waals surface area contributed by atoms with Gasteiger partial charge in [-0.25, -0.2) is 0 Å². The molecule has 0 saturated carbocycles. The number of carbonyl (C=O) groups excluding carboxylic acids is 1. The highest BCUT2D eigenvalue weighted by molar-refractivity contribution is 5.74. The lowest BCUT2D eigenvalue weighted by Crippen LogP contribution is -2.23. The molecule has 1 aromatic carbocycles. The van der Waals surface area contributed by atoms with Gasteiger partial charge in [-0.1, -0.05) is 12.1 Å². The third-order valence-corrected chi connectivity index (χ3v) is 2.47. The zero-order valence-electron chi connectivity index (χ0n) is 11.3. The Morgan fingerprint density at radius 1 is 1.32 bits per heavy atom. The van der Waals surface area contributed by atoms with Crippen LogP contribution in [0.1, 0.15) is 5.56 Å². The molecule has 0 aromatic heterocycles. The average molecular weight is 268 g/mol. The Morgan fingerprint density at radius 2 is 2.11 bits per heavy atom. The van der Waals surface area contributed by atoms with E-state index in [-0.39, 0.29) is 6.61 Å². The summed E-state index contributed by atoms with van der Waals surface area (Å²) in [5, 5.41) is 3.19. The molecule has 0 aliphatic rings. The fourth-order valence-electron chi connectivity index (χ4n) is 1.63. The quantitative estimate of drug-likeness (QED) is 0.629. The van der Waals surface area contributed by atoms with Crippen LogP contribution < -0.4 is 20.5 Å². The number of carbonyl (C=O) groups is 1. The number of ether oxygens (including phenoxy) is 3. The van der Waals surface area contributed by atoms with E-state index >= 15 is 0 Å². The maximum atomic E-state index is 10.5. The van der Waals surface area contributed by atoms with Crippen LogP contribution in [0.25, 0.3) is 0 Å². The zero-order chi connectivity index (χ0) is 14.1. The molecule has 0 fully saturated rings. The Kier molecular flexibility index (Phi) is 6.70. The first-order chi connectivity index (χ1) is 9.19. The maximum Gasteiger partial charge on any atom is 0.243 e. The number of rotatable bonds is 9. The maximum absolute atomic E-state index is 10.5. The minimum absolute atomic E-state index is 0.0514. The van der Waals surface area contributed by atoms with Gasteiger partial charge in [0.15, 0.2) is 11.5 Å². The molecule has 1 amide bonds. The molecular weight excluding hydrogens is 248 g/mol. The second kappa shape index (κ2) is 8.34. The normalized spacial score (nSPS) is 10.2. The number of methoxy groups -OCH3 is 2. The van der Waals surface area contributed by atoms with Crippen LogP contribution in [0.4, 0.5) is 0 Å². The summed E-state index contributed by atoms with van der Waals surface area (Å²) < 4.78 is 15.6. The van der Waals surface area contributed by atoms with E-state index in [2.05, 4.69) is 5.32 Å². The summed E-state index contributed by atoms with van der Waals surface area (Å²) in [5.74, 6) is 0.955. The number of amides is 1. The molecule has 0 saturated heterocycles. The minimum atomic E-state index is -0.463. The SMILES string of the molecule is COc1cccc(CNCCOCC(N)=O)c1OC. The third kappa shape index (κ3) is 5.15. The Labute approximate surface area is 112 Å². The number of hydrogen-bond donors (Lipinski definition) is 2. The second-order valence-corrected chi connectivity index (χ2v) is 3.85. The van der Waals surface area contributed by atoms with E-state index < -0.39 is 5.91 Å². The number of para-hydroxylation sites is 1. The van der Waals surface area contributed by atoms with Gasteiger partial charge in [0.25, 0.3) is 0 Å². The van der Waals surface area contributed by atoms with Gasteiger partial charge >= 0.3 is 0 Å². The molecule has 1 aromatic rings. The van der Waals surface area contributed by atoms with Gasteiger partial charge in [0.05, 0.1) is 20.8 Å². The summed E-state index contributed by atoms with van der Waals surface area (Å²) in [5.41, 5.74) is 5.95. The van der Waals surface area contributed by atoms with Crippen molar-refractivity contribution in [3.63, 3.8) is 0 Å². The lowest BCUT2D eigenvalue weighted by molar-refractivity contribution is -0.122. The van der Waals surface area contributed by atoms with Gasteiger partial charge < -0.3 is 25.3 Å². The van der Waals surface area contributed by atoms with Crippen molar-refractivity contribution >= 4 is 5.91 Å². The van der Waals surface area contributed by atoms with E-state index in [1.807, 2.05) is 18.2 Å². The van der Waals surface area contributed by atoms with Gasteiger partial charge in [0.2, 0.25) is 5.91 Å². The molecule has 0 heterocycles. The molecule has 0 aliphatic carbocycles. The molecular formula is C13H20N2O4. The largest absolute Gasteiger partial charge is 0.493 e. The number of primary amides is 1. The van der Waals surface area contributed by atoms with E-state index in [4.69, 9.17) is 19.9 Å². The first-order valence-electron chi connectivity index (χ1n) is 5.95. The van der Waals surface area contributed by atoms with E-state index in [1.165, 1.54) is 0 Å². The molecule has 19 heavy (non-hydrogen) atoms. The molecule has 0 spiro atoms. The van der Waals surface area contributed by atoms with Crippen LogP contribution in [-0.2, 0) is 16.1 Å². The van der Waals surface area contributed by atoms with Gasteiger partial charge in [0.1, 0.15) is 6.61 Å². The van der Waals surface area contributed by atoms with Gasteiger partial charge in [-0.15, -0.1) is 0 Å². The summed E-state index contributed by atoms with van der Waals surface area (Å²) in [4.78, 5) is 10.5. The molecule has 0 atom stereocenters. The van der Waals surface area contributed by atoms with Crippen LogP contribution in [-0.4, -0.2) is 39.9 Å². The third-order valence-electron chi connectivity index (χ3n) is 2.47. The molecule has 0 radical (unpaired) electrons. The molecule has 0 unspecified atom stereocenters.